The number of esters is 1. The quantitative estimate of drug-likeness (QED) is 0.331. The summed E-state index contributed by atoms with van der Waals surface area (Å²) in [7, 11) is 1.28. The van der Waals surface area contributed by atoms with Gasteiger partial charge in [0.2, 0.25) is 0 Å². The molecule has 0 saturated heterocycles. The number of carbonyl (C=O) groups is 3. The number of hydrogen-bond donors (Lipinski definition) is 3. The van der Waals surface area contributed by atoms with Crippen LogP contribution in [0.5, 0.6) is 0 Å². The summed E-state index contributed by atoms with van der Waals surface area (Å²) < 4.78 is 4.82. The van der Waals surface area contributed by atoms with Gasteiger partial charge in [-0.15, -0.1) is 0 Å². The van der Waals surface area contributed by atoms with Crippen molar-refractivity contribution in [2.75, 3.05) is 13.7 Å². The standard InChI is InChI=1S/C30H42N4O6/c1-18(35)30(38)12-9-24-22-6-5-19-13-20(7-10-28(19,2)23(22)8-11-29(24,30)3)34-40-16-26(36)33-25(27(37)39-4)14-21-15-31-17-32-21/h13,15,17,22-25,38H,5-12,14,16H2,1-4H3,(H,31,32)(H,33,36)/b34-20-/t22?,23?,24?,25?,28-,29-,30-/m0/s1. The van der Waals surface area contributed by atoms with Crippen molar-refractivity contribution in [1.82, 2.24) is 15.3 Å². The molecule has 4 aliphatic carbocycles. The summed E-state index contributed by atoms with van der Waals surface area (Å²) in [5.41, 5.74) is 1.46. The molecular weight excluding hydrogens is 512 g/mol. The molecule has 0 spiro atoms. The highest BCUT2D eigenvalue weighted by Gasteiger charge is 2.65. The third kappa shape index (κ3) is 4.78. The van der Waals surface area contributed by atoms with Crippen LogP contribution < -0.4 is 5.32 Å². The van der Waals surface area contributed by atoms with E-state index in [4.69, 9.17) is 9.57 Å². The van der Waals surface area contributed by atoms with E-state index in [0.717, 1.165) is 50.7 Å². The molecule has 0 bridgehead atoms. The van der Waals surface area contributed by atoms with E-state index in [-0.39, 0.29) is 29.6 Å². The van der Waals surface area contributed by atoms with Crippen LogP contribution in [0, 0.1) is 28.6 Å². The van der Waals surface area contributed by atoms with Crippen molar-refractivity contribution in [3.63, 3.8) is 0 Å². The molecule has 3 saturated carbocycles. The van der Waals surface area contributed by atoms with E-state index < -0.39 is 23.5 Å². The lowest BCUT2D eigenvalue weighted by atomic mass is 9.46. The Bertz CT molecular complexity index is 1210. The normalized spacial score (nSPS) is 36.5. The minimum atomic E-state index is -1.19. The molecule has 40 heavy (non-hydrogen) atoms. The number of ether oxygens (including phenoxy) is 1. The molecular formula is C30H42N4O6. The van der Waals surface area contributed by atoms with Gasteiger partial charge in [-0.05, 0) is 87.5 Å². The minimum absolute atomic E-state index is 0.0674. The summed E-state index contributed by atoms with van der Waals surface area (Å²) in [6.07, 6.45) is 12.6. The lowest BCUT2D eigenvalue weighted by Gasteiger charge is -2.59. The summed E-state index contributed by atoms with van der Waals surface area (Å²) in [6.45, 7) is 5.78. The second kappa shape index (κ2) is 10.8. The number of ketones is 1. The summed E-state index contributed by atoms with van der Waals surface area (Å²) >= 11 is 0. The van der Waals surface area contributed by atoms with Crippen molar-refractivity contribution >= 4 is 23.4 Å². The van der Waals surface area contributed by atoms with Crippen molar-refractivity contribution in [1.29, 1.82) is 0 Å². The molecule has 10 nitrogen and oxygen atoms in total. The topological polar surface area (TPSA) is 143 Å². The lowest BCUT2D eigenvalue weighted by Crippen LogP contribution is -2.57. The second-order valence-electron chi connectivity index (χ2n) is 12.7. The largest absolute Gasteiger partial charge is 0.467 e. The van der Waals surface area contributed by atoms with Crippen LogP contribution in [-0.2, 0) is 30.4 Å². The number of fused-ring (bicyclic) bond motifs is 5. The molecule has 0 aromatic carbocycles. The molecule has 1 aromatic rings. The third-order valence-corrected chi connectivity index (χ3v) is 10.9. The predicted molar refractivity (Wildman–Crippen MR) is 147 cm³/mol. The van der Waals surface area contributed by atoms with E-state index in [9.17, 15) is 19.5 Å². The Morgan fingerprint density at radius 1 is 1.18 bits per heavy atom. The molecule has 3 N–H and O–H groups in total. The van der Waals surface area contributed by atoms with Crippen LogP contribution in [0.25, 0.3) is 0 Å². The summed E-state index contributed by atoms with van der Waals surface area (Å²) in [6, 6.07) is -0.856. The van der Waals surface area contributed by atoms with Crippen LogP contribution in [0.15, 0.2) is 29.3 Å². The fourth-order valence-electron chi connectivity index (χ4n) is 8.60. The van der Waals surface area contributed by atoms with Crippen LogP contribution in [0.1, 0.15) is 77.8 Å². The predicted octanol–water partition coefficient (Wildman–Crippen LogP) is 3.27. The third-order valence-electron chi connectivity index (χ3n) is 10.9. The van der Waals surface area contributed by atoms with E-state index in [2.05, 4.69) is 40.4 Å². The summed E-state index contributed by atoms with van der Waals surface area (Å²) in [4.78, 5) is 49.4. The molecule has 1 heterocycles. The Labute approximate surface area is 235 Å². The Hall–Kier alpha value is -3.01. The number of aromatic nitrogens is 2. The zero-order chi connectivity index (χ0) is 28.7. The average Bonchev–Trinajstić information content (AvgIpc) is 3.54. The van der Waals surface area contributed by atoms with Crippen LogP contribution in [0.2, 0.25) is 0 Å². The monoisotopic (exact) mass is 554 g/mol. The maximum Gasteiger partial charge on any atom is 0.328 e. The van der Waals surface area contributed by atoms with Gasteiger partial charge in [0.05, 0.1) is 19.1 Å². The maximum absolute atomic E-state index is 12.5. The summed E-state index contributed by atoms with van der Waals surface area (Å²) in [5.74, 6) is 0.325. The lowest BCUT2D eigenvalue weighted by molar-refractivity contribution is -0.159. The van der Waals surface area contributed by atoms with Gasteiger partial charge in [0.1, 0.15) is 11.6 Å². The van der Waals surface area contributed by atoms with Gasteiger partial charge in [-0.25, -0.2) is 9.78 Å². The fraction of sp³-hybridized carbons (Fsp3) is 0.700. The molecule has 3 fully saturated rings. The van der Waals surface area contributed by atoms with Gasteiger partial charge in [0.25, 0.3) is 5.91 Å². The van der Waals surface area contributed by atoms with Gasteiger partial charge < -0.3 is 25.0 Å². The van der Waals surface area contributed by atoms with Crippen molar-refractivity contribution in [3.05, 3.63) is 29.9 Å². The first-order chi connectivity index (χ1) is 19.0. The summed E-state index contributed by atoms with van der Waals surface area (Å²) in [5, 5.41) is 18.3. The Morgan fingerprint density at radius 3 is 2.65 bits per heavy atom. The van der Waals surface area contributed by atoms with Gasteiger partial charge in [-0.3, -0.25) is 9.59 Å². The number of imidazole rings is 1. The molecule has 4 aliphatic rings. The second-order valence-corrected chi connectivity index (χ2v) is 12.7. The molecule has 10 heteroatoms. The molecule has 4 unspecified atom stereocenters. The van der Waals surface area contributed by atoms with Gasteiger partial charge in [-0.2, -0.15) is 0 Å². The first-order valence-electron chi connectivity index (χ1n) is 14.5. The number of hydrogen-bond acceptors (Lipinski definition) is 8. The van der Waals surface area contributed by atoms with Crippen molar-refractivity contribution < 1.29 is 29.1 Å². The molecule has 1 aromatic heterocycles. The number of nitrogens with zero attached hydrogens (tertiary/aromatic N) is 2. The fourth-order valence-corrected chi connectivity index (χ4v) is 8.60. The van der Waals surface area contributed by atoms with Gasteiger partial charge in [0.15, 0.2) is 12.4 Å². The van der Waals surface area contributed by atoms with E-state index in [1.165, 1.54) is 19.0 Å². The first-order valence-corrected chi connectivity index (χ1v) is 14.5. The number of aromatic amines is 1. The number of Topliss-reactive ketones (excluding diaryl/α,β-unsaturated/α-hetero) is 1. The maximum atomic E-state index is 12.5. The SMILES string of the molecule is COC(=O)C(Cc1cnc[nH]1)NC(=O)CO/N=C1\C=C2CCC3C(CC[C@@]4(C)C3CC[C@]4(O)C(C)=O)[C@@]2(C)CC1. The van der Waals surface area contributed by atoms with Crippen LogP contribution >= 0.6 is 0 Å². The number of oxime groups is 1. The van der Waals surface area contributed by atoms with Gasteiger partial charge in [0, 0.05) is 23.7 Å². The molecule has 0 aliphatic heterocycles. The average molecular weight is 555 g/mol. The van der Waals surface area contributed by atoms with Crippen LogP contribution in [0.3, 0.4) is 0 Å². The van der Waals surface area contributed by atoms with Crippen molar-refractivity contribution in [3.8, 4) is 0 Å². The number of carbonyl (C=O) groups excluding carboxylic acids is 3. The van der Waals surface area contributed by atoms with E-state index in [0.29, 0.717) is 29.9 Å². The number of H-pyrrole nitrogens is 1. The zero-order valence-corrected chi connectivity index (χ0v) is 24.0. The number of rotatable bonds is 8. The van der Waals surface area contributed by atoms with Gasteiger partial charge >= 0.3 is 5.97 Å². The minimum Gasteiger partial charge on any atom is -0.467 e. The van der Waals surface area contributed by atoms with Crippen LogP contribution in [0.4, 0.5) is 0 Å². The Morgan fingerprint density at radius 2 is 1.95 bits per heavy atom. The number of methoxy groups -OCH3 is 1. The highest BCUT2D eigenvalue weighted by atomic mass is 16.6. The highest BCUT2D eigenvalue weighted by molar-refractivity contribution is 5.96. The number of amides is 1. The molecule has 0 radical (unpaired) electrons. The van der Waals surface area contributed by atoms with Crippen LogP contribution in [-0.4, -0.2) is 63.8 Å². The van der Waals surface area contributed by atoms with Crippen molar-refractivity contribution in [2.24, 2.45) is 33.7 Å². The zero-order valence-electron chi connectivity index (χ0n) is 24.0. The first kappa shape index (κ1) is 28.5. The molecule has 218 valence electrons. The number of nitrogens with one attached hydrogen (secondary N) is 2. The molecule has 7 atom stereocenters. The number of allylic oxidation sites excluding steroid dienone is 2. The molecule has 1 amide bonds. The highest BCUT2D eigenvalue weighted by Crippen LogP contribution is 2.67. The van der Waals surface area contributed by atoms with Crippen molar-refractivity contribution in [2.45, 2.75) is 90.2 Å². The Kier molecular flexibility index (Phi) is 7.67. The van der Waals surface area contributed by atoms with E-state index in [1.54, 1.807) is 13.1 Å². The number of aliphatic hydroxyl groups is 1. The van der Waals surface area contributed by atoms with E-state index >= 15 is 0 Å². The molecule has 5 rings (SSSR count). The van der Waals surface area contributed by atoms with Gasteiger partial charge in [-0.1, -0.05) is 24.6 Å². The smallest absolute Gasteiger partial charge is 0.328 e. The Balaban J connectivity index is 1.21. The van der Waals surface area contributed by atoms with E-state index in [1.807, 2.05) is 0 Å².